The van der Waals surface area contributed by atoms with E-state index in [9.17, 15) is 9.59 Å². The predicted octanol–water partition coefficient (Wildman–Crippen LogP) is 1.97. The molecule has 4 heterocycles. The van der Waals surface area contributed by atoms with Gasteiger partial charge in [-0.1, -0.05) is 6.07 Å². The first-order valence-electron chi connectivity index (χ1n) is 10.9. The van der Waals surface area contributed by atoms with Crippen LogP contribution in [0, 0.1) is 6.92 Å². The fourth-order valence-electron chi connectivity index (χ4n) is 4.06. The third kappa shape index (κ3) is 5.17. The summed E-state index contributed by atoms with van der Waals surface area (Å²) in [5, 5.41) is 5.63. The maximum absolute atomic E-state index is 12.9. The number of carbonyl (C=O) groups is 2. The number of aromatic nitrogens is 1. The molecule has 0 aromatic carbocycles. The number of amides is 2. The average molecular weight is 440 g/mol. The topological polar surface area (TPSA) is 99.9 Å². The third-order valence-electron chi connectivity index (χ3n) is 5.65. The lowest BCUT2D eigenvalue weighted by Crippen LogP contribution is -2.51. The number of rotatable bonds is 7. The van der Waals surface area contributed by atoms with E-state index in [1.54, 1.807) is 13.0 Å². The molecule has 9 heteroatoms. The Kier molecular flexibility index (Phi) is 6.87. The molecule has 1 unspecified atom stereocenters. The van der Waals surface area contributed by atoms with Gasteiger partial charge in [0.25, 0.3) is 0 Å². The molecule has 2 aliphatic heterocycles. The average Bonchev–Trinajstić information content (AvgIpc) is 3.22. The fraction of sp³-hybridized carbons (Fsp3) is 0.435. The summed E-state index contributed by atoms with van der Waals surface area (Å²) in [7, 11) is 0. The van der Waals surface area contributed by atoms with E-state index in [0.29, 0.717) is 29.3 Å². The van der Waals surface area contributed by atoms with E-state index in [4.69, 9.17) is 9.15 Å². The highest BCUT2D eigenvalue weighted by molar-refractivity contribution is 5.95. The van der Waals surface area contributed by atoms with E-state index in [1.165, 1.54) is 0 Å². The van der Waals surface area contributed by atoms with Gasteiger partial charge in [-0.05, 0) is 38.1 Å². The Morgan fingerprint density at radius 2 is 1.91 bits per heavy atom. The molecule has 32 heavy (non-hydrogen) atoms. The van der Waals surface area contributed by atoms with Crippen LogP contribution >= 0.6 is 0 Å². The standard InChI is InChI=1S/C23H29N5O4/c1-3-31-22(29)20-18(25-23(30)26-21(20)19-8-7-16(2)32-19)15-28-12-10-27(11-13-28)14-17-6-4-5-9-24-17/h4-9,21H,3,10-15H2,1-2H3,(H2,25,26,30). The number of hydrogen-bond donors (Lipinski definition) is 2. The van der Waals surface area contributed by atoms with E-state index in [0.717, 1.165) is 38.4 Å². The maximum atomic E-state index is 12.9. The molecule has 2 aromatic heterocycles. The number of piperazine rings is 1. The van der Waals surface area contributed by atoms with Crippen molar-refractivity contribution in [3.8, 4) is 0 Å². The highest BCUT2D eigenvalue weighted by Crippen LogP contribution is 2.29. The number of hydrogen-bond acceptors (Lipinski definition) is 7. The SMILES string of the molecule is CCOC(=O)C1=C(CN2CCN(Cc3ccccn3)CC2)NC(=O)NC1c1ccc(C)o1. The van der Waals surface area contributed by atoms with E-state index < -0.39 is 12.0 Å². The first kappa shape index (κ1) is 22.0. The van der Waals surface area contributed by atoms with Crippen molar-refractivity contribution < 1.29 is 18.7 Å². The van der Waals surface area contributed by atoms with Gasteiger partial charge in [0.2, 0.25) is 0 Å². The maximum Gasteiger partial charge on any atom is 0.338 e. The van der Waals surface area contributed by atoms with Gasteiger partial charge in [-0.15, -0.1) is 0 Å². The molecular formula is C23H29N5O4. The minimum absolute atomic E-state index is 0.250. The summed E-state index contributed by atoms with van der Waals surface area (Å²) in [6.07, 6.45) is 1.81. The first-order valence-corrected chi connectivity index (χ1v) is 10.9. The Morgan fingerprint density at radius 3 is 2.53 bits per heavy atom. The second kappa shape index (κ2) is 9.97. The number of nitrogens with one attached hydrogen (secondary N) is 2. The van der Waals surface area contributed by atoms with Crippen LogP contribution in [0.15, 0.2) is 52.2 Å². The second-order valence-corrected chi connectivity index (χ2v) is 7.97. The van der Waals surface area contributed by atoms with Gasteiger partial charge in [0.1, 0.15) is 17.6 Å². The number of carbonyl (C=O) groups excluding carboxylic acids is 2. The van der Waals surface area contributed by atoms with Crippen LogP contribution < -0.4 is 10.6 Å². The Labute approximate surface area is 187 Å². The van der Waals surface area contributed by atoms with Gasteiger partial charge in [0, 0.05) is 51.2 Å². The van der Waals surface area contributed by atoms with Crippen LogP contribution in [0.2, 0.25) is 0 Å². The molecule has 1 saturated heterocycles. The number of ether oxygens (including phenoxy) is 1. The molecule has 170 valence electrons. The number of pyridine rings is 1. The van der Waals surface area contributed by atoms with Crippen LogP contribution in [0.4, 0.5) is 4.79 Å². The molecule has 0 spiro atoms. The van der Waals surface area contributed by atoms with Crippen molar-refractivity contribution in [1.82, 2.24) is 25.4 Å². The molecule has 0 saturated carbocycles. The van der Waals surface area contributed by atoms with Crippen LogP contribution in [0.25, 0.3) is 0 Å². The van der Waals surface area contributed by atoms with E-state index in [-0.39, 0.29) is 12.6 Å². The molecule has 0 aliphatic carbocycles. The lowest BCUT2D eigenvalue weighted by atomic mass is 9.99. The summed E-state index contributed by atoms with van der Waals surface area (Å²) in [4.78, 5) is 34.3. The molecule has 4 rings (SSSR count). The highest BCUT2D eigenvalue weighted by atomic mass is 16.5. The monoisotopic (exact) mass is 439 g/mol. The van der Waals surface area contributed by atoms with Gasteiger partial charge < -0.3 is 19.8 Å². The molecule has 2 N–H and O–H groups in total. The van der Waals surface area contributed by atoms with Crippen molar-refractivity contribution in [3.63, 3.8) is 0 Å². The van der Waals surface area contributed by atoms with Crippen LogP contribution in [0.1, 0.15) is 30.2 Å². The summed E-state index contributed by atoms with van der Waals surface area (Å²) in [6.45, 7) is 8.50. The Bertz CT molecular complexity index is 979. The largest absolute Gasteiger partial charge is 0.464 e. The van der Waals surface area contributed by atoms with E-state index >= 15 is 0 Å². The van der Waals surface area contributed by atoms with Crippen molar-refractivity contribution in [3.05, 3.63) is 65.0 Å². The minimum atomic E-state index is -0.683. The highest BCUT2D eigenvalue weighted by Gasteiger charge is 2.36. The lowest BCUT2D eigenvalue weighted by Gasteiger charge is -2.36. The lowest BCUT2D eigenvalue weighted by molar-refractivity contribution is -0.139. The number of esters is 1. The van der Waals surface area contributed by atoms with Gasteiger partial charge in [0.15, 0.2) is 0 Å². The number of furan rings is 1. The van der Waals surface area contributed by atoms with Gasteiger partial charge in [-0.2, -0.15) is 0 Å². The molecule has 0 radical (unpaired) electrons. The van der Waals surface area contributed by atoms with Crippen molar-refractivity contribution in [2.24, 2.45) is 0 Å². The van der Waals surface area contributed by atoms with Crippen molar-refractivity contribution in [2.45, 2.75) is 26.4 Å². The van der Waals surface area contributed by atoms with Gasteiger partial charge in [0.05, 0.1) is 17.9 Å². The molecule has 1 atom stereocenters. The summed E-state index contributed by atoms with van der Waals surface area (Å²) in [6, 6.07) is 8.49. The molecule has 0 bridgehead atoms. The normalized spacial score (nSPS) is 20.1. The van der Waals surface area contributed by atoms with Crippen molar-refractivity contribution in [1.29, 1.82) is 0 Å². The van der Waals surface area contributed by atoms with Gasteiger partial charge >= 0.3 is 12.0 Å². The van der Waals surface area contributed by atoms with Crippen molar-refractivity contribution >= 4 is 12.0 Å². The van der Waals surface area contributed by atoms with Crippen LogP contribution in [-0.4, -0.2) is 66.1 Å². The third-order valence-corrected chi connectivity index (χ3v) is 5.65. The number of urea groups is 1. The summed E-state index contributed by atoms with van der Waals surface area (Å²) in [5.41, 5.74) is 2.00. The summed E-state index contributed by atoms with van der Waals surface area (Å²) < 4.78 is 11.0. The second-order valence-electron chi connectivity index (χ2n) is 7.97. The Balaban J connectivity index is 1.49. The molecule has 9 nitrogen and oxygen atoms in total. The molecule has 1 fully saturated rings. The summed E-state index contributed by atoms with van der Waals surface area (Å²) >= 11 is 0. The van der Waals surface area contributed by atoms with Crippen LogP contribution in [-0.2, 0) is 16.1 Å². The fourth-order valence-corrected chi connectivity index (χ4v) is 4.06. The minimum Gasteiger partial charge on any atom is -0.464 e. The molecule has 2 amide bonds. The smallest absolute Gasteiger partial charge is 0.338 e. The van der Waals surface area contributed by atoms with Crippen molar-refractivity contribution in [2.75, 3.05) is 39.3 Å². The number of aryl methyl sites for hydroxylation is 1. The summed E-state index contributed by atoms with van der Waals surface area (Å²) in [5.74, 6) is 0.766. The quantitative estimate of drug-likeness (QED) is 0.636. The first-order chi connectivity index (χ1) is 15.5. The Morgan fingerprint density at radius 1 is 1.16 bits per heavy atom. The zero-order valence-corrected chi connectivity index (χ0v) is 18.5. The van der Waals surface area contributed by atoms with E-state index in [2.05, 4.69) is 25.4 Å². The molecule has 2 aromatic rings. The van der Waals surface area contributed by atoms with E-state index in [1.807, 2.05) is 37.4 Å². The van der Waals surface area contributed by atoms with Crippen LogP contribution in [0.5, 0.6) is 0 Å². The van der Waals surface area contributed by atoms with Gasteiger partial charge in [-0.25, -0.2) is 9.59 Å². The Hall–Kier alpha value is -3.17. The zero-order valence-electron chi connectivity index (χ0n) is 18.5. The molecule has 2 aliphatic rings. The predicted molar refractivity (Wildman–Crippen MR) is 117 cm³/mol. The van der Waals surface area contributed by atoms with Gasteiger partial charge in [-0.3, -0.25) is 14.8 Å². The molecular weight excluding hydrogens is 410 g/mol. The number of nitrogens with zero attached hydrogens (tertiary/aromatic N) is 3. The van der Waals surface area contributed by atoms with Crippen LogP contribution in [0.3, 0.4) is 0 Å². The zero-order chi connectivity index (χ0) is 22.5.